The fourth-order valence-corrected chi connectivity index (χ4v) is 8.15. The van der Waals surface area contributed by atoms with Crippen LogP contribution in [0.1, 0.15) is 120 Å². The first kappa shape index (κ1) is 56.2. The molecule has 22 heteroatoms. The van der Waals surface area contributed by atoms with E-state index in [4.69, 9.17) is 29.5 Å². The molecule has 22 nitrogen and oxygen atoms in total. The van der Waals surface area contributed by atoms with Crippen LogP contribution in [0.4, 0.5) is 9.59 Å². The van der Waals surface area contributed by atoms with E-state index >= 15 is 0 Å². The van der Waals surface area contributed by atoms with Crippen molar-refractivity contribution in [3.63, 3.8) is 0 Å². The number of hydrogen-bond donors (Lipinski definition) is 3. The molecule has 3 atom stereocenters. The zero-order valence-corrected chi connectivity index (χ0v) is 41.6. The van der Waals surface area contributed by atoms with Crippen molar-refractivity contribution >= 4 is 30.0 Å². The number of ether oxygens (including phenoxy) is 5. The van der Waals surface area contributed by atoms with Crippen molar-refractivity contribution in [2.24, 2.45) is 0 Å². The van der Waals surface area contributed by atoms with Crippen molar-refractivity contribution in [2.45, 2.75) is 111 Å². The van der Waals surface area contributed by atoms with Gasteiger partial charge in [-0.3, -0.25) is 43.0 Å². The first-order chi connectivity index (χ1) is 34.0. The summed E-state index contributed by atoms with van der Waals surface area (Å²) in [5.74, 6) is 4.30. The molecule has 388 valence electrons. The lowest BCUT2D eigenvalue weighted by Gasteiger charge is -2.41. The maximum Gasteiger partial charge on any atom is 0.412 e. The number of nitrogens with one attached hydrogen (secondary N) is 2. The number of nitrogens with zero attached hydrogens (tertiary/aromatic N) is 6. The zero-order chi connectivity index (χ0) is 52.2. The van der Waals surface area contributed by atoms with Gasteiger partial charge in [-0.1, -0.05) is 25.3 Å². The monoisotopic (exact) mass is 992 g/mol. The number of pyridine rings is 3. The molecule has 4 aliphatic heterocycles. The fourth-order valence-electron chi connectivity index (χ4n) is 8.15. The average Bonchev–Trinajstić information content (AvgIpc) is 3.37. The van der Waals surface area contributed by atoms with Gasteiger partial charge in [-0.15, -0.1) is 0 Å². The Kier molecular flexibility index (Phi) is 22.0. The quantitative estimate of drug-likeness (QED) is 0.103. The second kappa shape index (κ2) is 27.7. The Hall–Kier alpha value is -7.36. The fraction of sp³-hybridized carbons (Fsp3) is 0.510. The van der Waals surface area contributed by atoms with Crippen LogP contribution in [0, 0.1) is 20.8 Å². The third kappa shape index (κ3) is 14.8. The van der Waals surface area contributed by atoms with Crippen LogP contribution >= 0.6 is 0 Å². The lowest BCUT2D eigenvalue weighted by atomic mass is 10.0. The first-order valence-corrected chi connectivity index (χ1v) is 23.8. The highest BCUT2D eigenvalue weighted by Crippen LogP contribution is 2.24. The molecule has 3 unspecified atom stereocenters. The van der Waals surface area contributed by atoms with Gasteiger partial charge in [-0.05, 0) is 92.4 Å². The molecule has 4 aliphatic rings. The van der Waals surface area contributed by atoms with E-state index in [9.17, 15) is 38.4 Å². The molecule has 3 fully saturated rings. The van der Waals surface area contributed by atoms with Crippen LogP contribution < -0.4 is 33.0 Å². The Morgan fingerprint density at radius 2 is 1.21 bits per heavy atom. The summed E-state index contributed by atoms with van der Waals surface area (Å²) < 4.78 is 29.4. The third-order valence-corrected chi connectivity index (χ3v) is 11.9. The summed E-state index contributed by atoms with van der Waals surface area (Å²) in [5.41, 5.74) is 7.68. The first-order valence-electron chi connectivity index (χ1n) is 23.8. The summed E-state index contributed by atoms with van der Waals surface area (Å²) in [6, 6.07) is 4.17. The summed E-state index contributed by atoms with van der Waals surface area (Å²) in [4.78, 5) is 99.6. The molecule has 7 rings (SSSR count). The van der Waals surface area contributed by atoms with Crippen molar-refractivity contribution in [3.05, 3.63) is 127 Å². The van der Waals surface area contributed by atoms with Crippen LogP contribution in [-0.2, 0) is 23.7 Å². The number of esters is 2. The van der Waals surface area contributed by atoms with Gasteiger partial charge in [-0.25, -0.2) is 19.2 Å². The van der Waals surface area contributed by atoms with Gasteiger partial charge in [0, 0.05) is 80.2 Å². The largest absolute Gasteiger partial charge is 0.461 e. The van der Waals surface area contributed by atoms with Crippen LogP contribution in [0.15, 0.2) is 76.5 Å². The Balaban J connectivity index is 0.000000214. The smallest absolute Gasteiger partial charge is 0.412 e. The number of nitrogens with two attached hydrogens (primary N) is 1. The maximum atomic E-state index is 12.4. The van der Waals surface area contributed by atoms with Crippen molar-refractivity contribution in [2.75, 3.05) is 69.9 Å². The number of hydrogen-bond acceptors (Lipinski definition) is 16. The topological polar surface area (TPSA) is 257 Å². The molecule has 4 N–H and O–H groups in total. The van der Waals surface area contributed by atoms with Crippen LogP contribution in [0.25, 0.3) is 0 Å². The van der Waals surface area contributed by atoms with Gasteiger partial charge >= 0.3 is 24.1 Å². The minimum Gasteiger partial charge on any atom is -0.461 e. The van der Waals surface area contributed by atoms with Gasteiger partial charge in [0.15, 0.2) is 27.7 Å². The van der Waals surface area contributed by atoms with Crippen LogP contribution in [0.5, 0.6) is 0 Å². The molecule has 3 amide bonds. The highest BCUT2D eigenvalue weighted by molar-refractivity contribution is 5.95. The number of methoxy groups -OCH3 is 1. The van der Waals surface area contributed by atoms with Gasteiger partial charge in [0.25, 0.3) is 5.91 Å². The number of rotatable bonds is 11. The molecule has 3 aromatic rings. The molecule has 0 radical (unpaired) electrons. The number of aromatic nitrogens is 3. The second-order valence-electron chi connectivity index (χ2n) is 16.6. The summed E-state index contributed by atoms with van der Waals surface area (Å²) >= 11 is 0. The molecule has 3 aromatic heterocycles. The molecular weight excluding hydrogens is 923 g/mol. The van der Waals surface area contributed by atoms with E-state index in [1.165, 1.54) is 48.3 Å². The number of nitrogen functional groups attached to an aromatic ring is 1. The highest BCUT2D eigenvalue weighted by Gasteiger charge is 2.35. The van der Waals surface area contributed by atoms with Crippen molar-refractivity contribution in [1.82, 2.24) is 28.7 Å². The Morgan fingerprint density at radius 1 is 0.690 bits per heavy atom. The average molecular weight is 992 g/mol. The number of piperidine rings is 3. The van der Waals surface area contributed by atoms with E-state index in [1.807, 2.05) is 4.90 Å². The second-order valence-corrected chi connectivity index (χ2v) is 16.6. The van der Waals surface area contributed by atoms with Gasteiger partial charge in [0.2, 0.25) is 0 Å². The van der Waals surface area contributed by atoms with Gasteiger partial charge < -0.3 is 45.3 Å². The summed E-state index contributed by atoms with van der Waals surface area (Å²) in [5, 5.41) is 0. The number of carbonyl (C=O) groups excluding carboxylic acids is 5. The third-order valence-electron chi connectivity index (χ3n) is 11.9. The van der Waals surface area contributed by atoms with E-state index in [-0.39, 0.29) is 90.2 Å². The van der Waals surface area contributed by atoms with Crippen molar-refractivity contribution in [1.29, 1.82) is 0 Å². The molecule has 0 aliphatic carbocycles. The van der Waals surface area contributed by atoms with Crippen LogP contribution in [-0.4, -0.2) is 130 Å². The number of fused-ring (bicyclic) bond motifs is 2. The minimum atomic E-state index is -0.591. The molecule has 0 bridgehead atoms. The predicted octanol–water partition coefficient (Wildman–Crippen LogP) is 4.49. The molecule has 3 saturated heterocycles. The number of carbonyl (C=O) groups is 5. The standard InChI is InChI=1S/C18H25N3O5.C12H15N3O2.C10H17NO3.C9H12N2O3/c1-4-12-26-18(24)20-10-7-6-8-15(20)19-21-11-9-14(22)13(3)16(21)17(23)25-5-2;1-8-9(16)5-7-15-11(8)12(17)14-6-3-2-4-10(14)13-15;1-3-8-14-10(12)11-7-5-4-6-9(11)13-2;1-3-14-9(13)8-6(2)7(12)4-5-11(8)10/h4,9,11,15,19H,1,5-8,10,12H2,2-3H3;5,7,10,13H,2-4,6H2,1H3;3,9H,1,4-8H2,2H3;4-5H,3,10H2,1-2H3. The number of likely N-dealkylation sites (tertiary alicyclic amines) is 2. The van der Waals surface area contributed by atoms with Gasteiger partial charge in [-0.2, -0.15) is 0 Å². The van der Waals surface area contributed by atoms with E-state index in [0.29, 0.717) is 36.3 Å². The zero-order valence-electron chi connectivity index (χ0n) is 41.6. The molecule has 0 saturated carbocycles. The summed E-state index contributed by atoms with van der Waals surface area (Å²) in [6.07, 6.45) is 15.0. The number of amides is 3. The van der Waals surface area contributed by atoms with Crippen molar-refractivity contribution < 1.29 is 47.7 Å². The predicted molar refractivity (Wildman–Crippen MR) is 265 cm³/mol. The van der Waals surface area contributed by atoms with E-state index in [0.717, 1.165) is 62.6 Å². The van der Waals surface area contributed by atoms with Crippen molar-refractivity contribution in [3.8, 4) is 0 Å². The van der Waals surface area contributed by atoms with Gasteiger partial charge in [0.1, 0.15) is 37.5 Å². The molecular formula is C49H69N9O13. The Bertz CT molecular complexity index is 2540. The van der Waals surface area contributed by atoms with Gasteiger partial charge in [0.05, 0.1) is 13.2 Å². The minimum absolute atomic E-state index is 0.0244. The van der Waals surface area contributed by atoms with E-state index in [1.54, 1.807) is 61.6 Å². The Morgan fingerprint density at radius 3 is 1.83 bits per heavy atom. The summed E-state index contributed by atoms with van der Waals surface area (Å²) in [7, 11) is 1.61. The SMILES string of the molecule is C=CCOC(=O)N1CCCCC1Nn1ccc(=O)c(C)c1C(=O)OCC.C=CCOC(=O)N1CCCCC1OC.CCOC(=O)c1c(C)c(=O)ccn1N.Cc1c2n(ccc1=O)NC1CCCCN1C2=O. The lowest BCUT2D eigenvalue weighted by molar-refractivity contribution is -0.0473. The van der Waals surface area contributed by atoms with E-state index < -0.39 is 18.0 Å². The highest BCUT2D eigenvalue weighted by atomic mass is 16.6. The molecule has 0 aromatic carbocycles. The van der Waals surface area contributed by atoms with E-state index in [2.05, 4.69) is 24.0 Å². The molecule has 71 heavy (non-hydrogen) atoms. The van der Waals surface area contributed by atoms with Crippen LogP contribution in [0.2, 0.25) is 0 Å². The summed E-state index contributed by atoms with van der Waals surface area (Å²) in [6.45, 7) is 18.1. The lowest BCUT2D eigenvalue weighted by Crippen LogP contribution is -2.56. The van der Waals surface area contributed by atoms with Crippen LogP contribution in [0.3, 0.4) is 0 Å². The molecule has 7 heterocycles. The normalized spacial score (nSPS) is 17.8. The maximum absolute atomic E-state index is 12.4. The molecule has 0 spiro atoms. The Labute approximate surface area is 412 Å².